The summed E-state index contributed by atoms with van der Waals surface area (Å²) in [4.78, 5) is 0. The highest BCUT2D eigenvalue weighted by Gasteiger charge is 2.62. The molecule has 1 aliphatic rings. The molecule has 1 aliphatic heterocycles. The van der Waals surface area contributed by atoms with Crippen molar-refractivity contribution in [3.63, 3.8) is 0 Å². The lowest BCUT2D eigenvalue weighted by Crippen LogP contribution is -2.57. The van der Waals surface area contributed by atoms with Crippen molar-refractivity contribution in [3.05, 3.63) is 35.9 Å². The molecule has 4 nitrogen and oxygen atoms in total. The van der Waals surface area contributed by atoms with Gasteiger partial charge >= 0.3 is 6.18 Å². The van der Waals surface area contributed by atoms with E-state index in [1.807, 2.05) is 0 Å². The zero-order valence-electron chi connectivity index (χ0n) is 9.55. The second-order valence-corrected chi connectivity index (χ2v) is 4.47. The van der Waals surface area contributed by atoms with E-state index < -0.39 is 23.4 Å². The number of hydrogen-bond acceptors (Lipinski definition) is 3. The molecule has 2 rings (SSSR count). The number of aliphatic hydroxyl groups is 1. The molecule has 0 aliphatic carbocycles. The summed E-state index contributed by atoms with van der Waals surface area (Å²) >= 11 is 4.51. The normalized spacial score (nSPS) is 23.4. The van der Waals surface area contributed by atoms with E-state index in [9.17, 15) is 18.3 Å². The van der Waals surface area contributed by atoms with Crippen LogP contribution in [-0.4, -0.2) is 32.8 Å². The summed E-state index contributed by atoms with van der Waals surface area (Å²) in [6, 6.07) is 8.24. The molecule has 1 aromatic carbocycles. The molecule has 0 spiro atoms. The Morgan fingerprint density at radius 1 is 1.37 bits per heavy atom. The van der Waals surface area contributed by atoms with E-state index in [-0.39, 0.29) is 10.7 Å². The van der Waals surface area contributed by atoms with Crippen LogP contribution >= 0.6 is 12.2 Å². The van der Waals surface area contributed by atoms with Crippen LogP contribution in [0, 0.1) is 0 Å². The number of alkyl halides is 3. The summed E-state index contributed by atoms with van der Waals surface area (Å²) in [5.41, 5.74) is 2.56. The fraction of sp³-hybridized carbons (Fsp3) is 0.273. The van der Waals surface area contributed by atoms with Gasteiger partial charge in [-0.2, -0.15) is 23.3 Å². The van der Waals surface area contributed by atoms with Crippen LogP contribution in [0.2, 0.25) is 0 Å². The molecule has 3 N–H and O–H groups in total. The van der Waals surface area contributed by atoms with Crippen molar-refractivity contribution < 1.29 is 18.3 Å². The van der Waals surface area contributed by atoms with Gasteiger partial charge < -0.3 is 10.8 Å². The first-order valence-electron chi connectivity index (χ1n) is 5.27. The van der Waals surface area contributed by atoms with E-state index in [1.165, 1.54) is 0 Å². The number of nitrogens with zero attached hydrogens (tertiary/aromatic N) is 2. The zero-order chi connectivity index (χ0) is 14.3. The van der Waals surface area contributed by atoms with Gasteiger partial charge in [-0.1, -0.05) is 30.3 Å². The predicted molar refractivity (Wildman–Crippen MR) is 67.2 cm³/mol. The molecule has 1 atom stereocenters. The van der Waals surface area contributed by atoms with Gasteiger partial charge in [-0.25, -0.2) is 0 Å². The van der Waals surface area contributed by atoms with Crippen molar-refractivity contribution in [1.82, 2.24) is 5.01 Å². The van der Waals surface area contributed by atoms with E-state index in [1.54, 1.807) is 30.3 Å². The molecule has 0 amide bonds. The smallest absolute Gasteiger partial charge is 0.375 e. The highest BCUT2D eigenvalue weighted by Crippen LogP contribution is 2.40. The predicted octanol–water partition coefficient (Wildman–Crippen LogP) is 1.59. The van der Waals surface area contributed by atoms with E-state index in [4.69, 9.17) is 5.73 Å². The number of halogens is 3. The zero-order valence-corrected chi connectivity index (χ0v) is 10.4. The SMILES string of the molecule is NC(=S)N1N=C(c2ccccc2)C[C@@]1(O)C(F)(F)F. The summed E-state index contributed by atoms with van der Waals surface area (Å²) in [5, 5.41) is 13.1. The van der Waals surface area contributed by atoms with Gasteiger partial charge in [0.05, 0.1) is 12.1 Å². The molecular weight excluding hydrogens is 279 g/mol. The molecule has 19 heavy (non-hydrogen) atoms. The molecule has 0 radical (unpaired) electrons. The van der Waals surface area contributed by atoms with Crippen molar-refractivity contribution >= 4 is 23.0 Å². The summed E-state index contributed by atoms with van der Waals surface area (Å²) in [7, 11) is 0. The Balaban J connectivity index is 2.42. The summed E-state index contributed by atoms with van der Waals surface area (Å²) in [6.07, 6.45) is -5.64. The Morgan fingerprint density at radius 3 is 2.37 bits per heavy atom. The number of thiocarbonyl (C=S) groups is 1. The molecule has 0 aromatic heterocycles. The molecule has 8 heteroatoms. The van der Waals surface area contributed by atoms with Crippen LogP contribution in [0.3, 0.4) is 0 Å². The molecule has 0 saturated carbocycles. The number of benzene rings is 1. The fourth-order valence-electron chi connectivity index (χ4n) is 1.79. The topological polar surface area (TPSA) is 61.8 Å². The molecule has 1 heterocycles. The number of rotatable bonds is 1. The van der Waals surface area contributed by atoms with Crippen LogP contribution in [0.4, 0.5) is 13.2 Å². The molecule has 0 fully saturated rings. The maximum atomic E-state index is 13.0. The fourth-order valence-corrected chi connectivity index (χ4v) is 1.98. The lowest BCUT2D eigenvalue weighted by Gasteiger charge is -2.32. The maximum Gasteiger partial charge on any atom is 0.438 e. The monoisotopic (exact) mass is 289 g/mol. The Hall–Kier alpha value is -1.67. The summed E-state index contributed by atoms with van der Waals surface area (Å²) in [6.45, 7) is 0. The second kappa shape index (κ2) is 4.46. The summed E-state index contributed by atoms with van der Waals surface area (Å²) in [5.74, 6) is 0. The molecular formula is C11H10F3N3OS. The molecule has 102 valence electrons. The Kier molecular flexibility index (Phi) is 3.23. The van der Waals surface area contributed by atoms with Gasteiger partial charge in [-0.05, 0) is 17.8 Å². The average molecular weight is 289 g/mol. The van der Waals surface area contributed by atoms with E-state index in [0.29, 0.717) is 5.56 Å². The minimum atomic E-state index is -4.92. The van der Waals surface area contributed by atoms with Crippen LogP contribution in [0.25, 0.3) is 0 Å². The van der Waals surface area contributed by atoms with E-state index in [0.717, 1.165) is 0 Å². The van der Waals surface area contributed by atoms with Crippen molar-refractivity contribution in [2.24, 2.45) is 10.8 Å². The first-order chi connectivity index (χ1) is 8.75. The summed E-state index contributed by atoms with van der Waals surface area (Å²) < 4.78 is 38.9. The molecule has 0 bridgehead atoms. The van der Waals surface area contributed by atoms with Gasteiger partial charge in [0.1, 0.15) is 0 Å². The van der Waals surface area contributed by atoms with Crippen LogP contribution in [0.5, 0.6) is 0 Å². The van der Waals surface area contributed by atoms with Gasteiger partial charge in [0.2, 0.25) is 0 Å². The number of hydrazone groups is 1. The average Bonchev–Trinajstić information content (AvgIpc) is 2.69. The third-order valence-electron chi connectivity index (χ3n) is 2.75. The Morgan fingerprint density at radius 2 is 1.95 bits per heavy atom. The first kappa shape index (κ1) is 13.8. The van der Waals surface area contributed by atoms with Crippen molar-refractivity contribution in [3.8, 4) is 0 Å². The maximum absolute atomic E-state index is 13.0. The van der Waals surface area contributed by atoms with Gasteiger partial charge in [0.15, 0.2) is 5.11 Å². The van der Waals surface area contributed by atoms with Crippen molar-refractivity contribution in [2.45, 2.75) is 18.3 Å². The van der Waals surface area contributed by atoms with E-state index >= 15 is 0 Å². The highest BCUT2D eigenvalue weighted by atomic mass is 32.1. The highest BCUT2D eigenvalue weighted by molar-refractivity contribution is 7.80. The Labute approximate surface area is 112 Å². The lowest BCUT2D eigenvalue weighted by molar-refractivity contribution is -0.294. The quantitative estimate of drug-likeness (QED) is 0.771. The van der Waals surface area contributed by atoms with Gasteiger partial charge in [0.25, 0.3) is 5.72 Å². The second-order valence-electron chi connectivity index (χ2n) is 4.05. The lowest BCUT2D eigenvalue weighted by atomic mass is 10.0. The minimum Gasteiger partial charge on any atom is -0.375 e. The molecule has 0 saturated heterocycles. The van der Waals surface area contributed by atoms with Crippen LogP contribution in [0.15, 0.2) is 35.4 Å². The van der Waals surface area contributed by atoms with Crippen LogP contribution < -0.4 is 5.73 Å². The third-order valence-corrected chi connectivity index (χ3v) is 2.93. The first-order valence-corrected chi connectivity index (χ1v) is 5.68. The van der Waals surface area contributed by atoms with E-state index in [2.05, 4.69) is 17.3 Å². The van der Waals surface area contributed by atoms with Crippen molar-refractivity contribution in [1.29, 1.82) is 0 Å². The van der Waals surface area contributed by atoms with Crippen molar-refractivity contribution in [2.75, 3.05) is 0 Å². The molecule has 0 unspecified atom stereocenters. The minimum absolute atomic E-state index is 0.0771. The Bertz CT molecular complexity index is 532. The molecule has 1 aromatic rings. The van der Waals surface area contributed by atoms with Crippen LogP contribution in [-0.2, 0) is 0 Å². The number of hydrogen-bond donors (Lipinski definition) is 2. The van der Waals surface area contributed by atoms with Gasteiger partial charge in [-0.15, -0.1) is 0 Å². The van der Waals surface area contributed by atoms with Gasteiger partial charge in [0, 0.05) is 0 Å². The largest absolute Gasteiger partial charge is 0.438 e. The van der Waals surface area contributed by atoms with Crippen LogP contribution in [0.1, 0.15) is 12.0 Å². The standard InChI is InChI=1S/C11H10F3N3OS/c12-11(13,14)10(18)6-8(16-17(10)9(15)19)7-4-2-1-3-5-7/h1-5,18H,6H2,(H2,15,19)/t10-/m1/s1. The van der Waals surface area contributed by atoms with Gasteiger partial charge in [-0.3, -0.25) is 0 Å². The third kappa shape index (κ3) is 2.28. The number of nitrogens with two attached hydrogens (primary N) is 1.